The molecule has 0 unspecified atom stereocenters. The standard InChI is InChI=1S/C48H26S6/c1-5-31-41-23(17-27-13-15-49-45(27)31)3-7-33-43(41)25(1)19-29-21-39(53-47(29)33)37-11-9-35(51-37)36-10-12-38(52-36)40-22-30-20-26-2-6-32-42-24(18-28-14-16-50-46(28)32)4-8-34(44(26)42)48(30)54-40/h1-16,21-22H,17-20H2. The van der Waals surface area contributed by atoms with E-state index in [1.165, 1.54) is 137 Å². The normalized spacial score (nSPS) is 14.0. The number of fused-ring (bicyclic) bond motifs is 8. The third-order valence-electron chi connectivity index (χ3n) is 12.2. The highest BCUT2D eigenvalue weighted by Gasteiger charge is 2.30. The van der Waals surface area contributed by atoms with Gasteiger partial charge < -0.3 is 0 Å². The third-order valence-corrected chi connectivity index (χ3v) is 19.4. The van der Waals surface area contributed by atoms with E-state index in [0.29, 0.717) is 0 Å². The second-order valence-electron chi connectivity index (χ2n) is 15.1. The topological polar surface area (TPSA) is 0 Å². The van der Waals surface area contributed by atoms with E-state index in [9.17, 15) is 0 Å². The van der Waals surface area contributed by atoms with E-state index in [2.05, 4.69) is 108 Å². The molecule has 0 spiro atoms. The highest BCUT2D eigenvalue weighted by atomic mass is 32.1. The quantitative estimate of drug-likeness (QED) is 0.167. The molecule has 54 heavy (non-hydrogen) atoms. The summed E-state index contributed by atoms with van der Waals surface area (Å²) in [5, 5.41) is 10.5. The van der Waals surface area contributed by atoms with Gasteiger partial charge in [-0.25, -0.2) is 0 Å². The van der Waals surface area contributed by atoms with Gasteiger partial charge in [-0.1, -0.05) is 48.5 Å². The van der Waals surface area contributed by atoms with Crippen molar-refractivity contribution >= 4 is 89.6 Å². The van der Waals surface area contributed by atoms with Crippen LogP contribution in [0.2, 0.25) is 0 Å². The van der Waals surface area contributed by atoms with Crippen molar-refractivity contribution < 1.29 is 0 Å². The molecule has 4 aliphatic carbocycles. The van der Waals surface area contributed by atoms with Crippen molar-refractivity contribution in [3.63, 3.8) is 0 Å². The molecule has 0 fully saturated rings. The molecule has 0 nitrogen and oxygen atoms in total. The summed E-state index contributed by atoms with van der Waals surface area (Å²) in [4.78, 5) is 14.1. The Labute approximate surface area is 335 Å². The maximum absolute atomic E-state index is 2.48. The Morgan fingerprint density at radius 2 is 0.630 bits per heavy atom. The zero-order chi connectivity index (χ0) is 34.8. The van der Waals surface area contributed by atoms with Gasteiger partial charge in [0, 0.05) is 71.0 Å². The average Bonchev–Trinajstić information content (AvgIpc) is 4.04. The van der Waals surface area contributed by atoms with Crippen LogP contribution in [-0.4, -0.2) is 0 Å². The zero-order valence-corrected chi connectivity index (χ0v) is 33.6. The van der Waals surface area contributed by atoms with Crippen molar-refractivity contribution in [1.29, 1.82) is 0 Å². The molecule has 6 heteroatoms. The zero-order valence-electron chi connectivity index (χ0n) is 28.7. The van der Waals surface area contributed by atoms with E-state index in [0.717, 1.165) is 25.7 Å². The molecule has 0 saturated carbocycles. The van der Waals surface area contributed by atoms with Gasteiger partial charge in [-0.3, -0.25) is 0 Å². The van der Waals surface area contributed by atoms with Crippen molar-refractivity contribution in [3.05, 3.63) is 152 Å². The third kappa shape index (κ3) is 3.96. The molecule has 10 aromatic rings. The van der Waals surface area contributed by atoms with Crippen LogP contribution in [0.3, 0.4) is 0 Å². The van der Waals surface area contributed by atoms with Gasteiger partial charge in [0.1, 0.15) is 0 Å². The molecule has 14 rings (SSSR count). The van der Waals surface area contributed by atoms with Crippen molar-refractivity contribution in [1.82, 2.24) is 0 Å². The maximum atomic E-state index is 2.48. The van der Waals surface area contributed by atoms with Gasteiger partial charge >= 0.3 is 0 Å². The van der Waals surface area contributed by atoms with Crippen molar-refractivity contribution in [2.24, 2.45) is 0 Å². The summed E-state index contributed by atoms with van der Waals surface area (Å²) in [7, 11) is 0. The average molecular weight is 795 g/mol. The first-order chi connectivity index (χ1) is 26.7. The lowest BCUT2D eigenvalue weighted by Gasteiger charge is -2.24. The van der Waals surface area contributed by atoms with Gasteiger partial charge in [0.15, 0.2) is 0 Å². The minimum atomic E-state index is 1.02. The van der Waals surface area contributed by atoms with Crippen molar-refractivity contribution in [2.45, 2.75) is 25.7 Å². The van der Waals surface area contributed by atoms with Gasteiger partial charge in [0.2, 0.25) is 0 Å². The van der Waals surface area contributed by atoms with Gasteiger partial charge in [0.05, 0.1) is 0 Å². The van der Waals surface area contributed by atoms with E-state index < -0.39 is 0 Å². The Kier molecular flexibility index (Phi) is 5.91. The summed E-state index contributed by atoms with van der Waals surface area (Å²) in [6.07, 6.45) is 4.14. The number of hydrogen-bond donors (Lipinski definition) is 0. The van der Waals surface area contributed by atoms with Gasteiger partial charge in [-0.15, -0.1) is 68.0 Å². The molecule has 0 atom stereocenters. The highest BCUT2D eigenvalue weighted by Crippen LogP contribution is 2.54. The smallest absolute Gasteiger partial charge is 0.0452 e. The largest absolute Gasteiger partial charge is 0.144 e. The fraction of sp³-hybridized carbons (Fsp3) is 0.0833. The monoisotopic (exact) mass is 794 g/mol. The lowest BCUT2D eigenvalue weighted by molar-refractivity contribution is 1.19. The summed E-state index contributed by atoms with van der Waals surface area (Å²) in [6.45, 7) is 0. The molecule has 254 valence electrons. The van der Waals surface area contributed by atoms with Crippen molar-refractivity contribution in [3.8, 4) is 71.0 Å². The molecule has 6 heterocycles. The van der Waals surface area contributed by atoms with E-state index in [-0.39, 0.29) is 0 Å². The van der Waals surface area contributed by atoms with E-state index in [4.69, 9.17) is 0 Å². The molecule has 4 aromatic carbocycles. The molecule has 4 aliphatic rings. The maximum Gasteiger partial charge on any atom is 0.0452 e. The summed E-state index contributed by atoms with van der Waals surface area (Å²) >= 11 is 11.7. The first-order valence-electron chi connectivity index (χ1n) is 18.5. The van der Waals surface area contributed by atoms with Crippen LogP contribution >= 0.6 is 68.0 Å². The number of rotatable bonds is 3. The van der Waals surface area contributed by atoms with E-state index >= 15 is 0 Å². The Balaban J connectivity index is 0.799. The van der Waals surface area contributed by atoms with Crippen LogP contribution in [0.4, 0.5) is 0 Å². The summed E-state index contributed by atoms with van der Waals surface area (Å²) < 4.78 is 0. The Bertz CT molecular complexity index is 3070. The predicted octanol–water partition coefficient (Wildman–Crippen LogP) is 15.6. The Morgan fingerprint density at radius 3 is 1.04 bits per heavy atom. The summed E-state index contributed by atoms with van der Waals surface area (Å²) in [5.74, 6) is 0. The Hall–Kier alpha value is -4.40. The molecule has 0 amide bonds. The van der Waals surface area contributed by atoms with Crippen LogP contribution in [-0.2, 0) is 25.7 Å². The molecule has 0 radical (unpaired) electrons. The van der Waals surface area contributed by atoms with Crippen molar-refractivity contribution in [2.75, 3.05) is 0 Å². The van der Waals surface area contributed by atoms with E-state index in [1.54, 1.807) is 0 Å². The van der Waals surface area contributed by atoms with Crippen LogP contribution in [0.5, 0.6) is 0 Å². The fourth-order valence-corrected chi connectivity index (χ4v) is 16.5. The lowest BCUT2D eigenvalue weighted by atomic mass is 9.81. The molecule has 0 aliphatic heterocycles. The first-order valence-corrected chi connectivity index (χ1v) is 23.5. The second-order valence-corrected chi connectivity index (χ2v) is 21.2. The fourth-order valence-electron chi connectivity index (χ4n) is 9.89. The molecule has 0 N–H and O–H groups in total. The van der Waals surface area contributed by atoms with Gasteiger partial charge in [-0.2, -0.15) is 0 Å². The summed E-state index contributed by atoms with van der Waals surface area (Å²) in [6, 6.07) is 38.3. The molecule has 0 bridgehead atoms. The molecular weight excluding hydrogens is 769 g/mol. The second kappa shape index (κ2) is 10.7. The van der Waals surface area contributed by atoms with Gasteiger partial charge in [0.25, 0.3) is 0 Å². The van der Waals surface area contributed by atoms with Crippen LogP contribution in [0.25, 0.3) is 92.6 Å². The van der Waals surface area contributed by atoms with Crippen LogP contribution < -0.4 is 0 Å². The summed E-state index contributed by atoms with van der Waals surface area (Å²) in [5.41, 5.74) is 17.6. The number of hydrogen-bond acceptors (Lipinski definition) is 6. The highest BCUT2D eigenvalue weighted by molar-refractivity contribution is 7.29. The first kappa shape index (κ1) is 29.9. The van der Waals surface area contributed by atoms with Crippen LogP contribution in [0.15, 0.2) is 108 Å². The van der Waals surface area contributed by atoms with Crippen LogP contribution in [0, 0.1) is 0 Å². The number of benzene rings is 4. The number of thiophene rings is 6. The Morgan fingerprint density at radius 1 is 0.278 bits per heavy atom. The molecular formula is C48H26S6. The minimum absolute atomic E-state index is 1.02. The van der Waals surface area contributed by atoms with Gasteiger partial charge in [-0.05, 0) is 151 Å². The molecule has 6 aromatic heterocycles. The van der Waals surface area contributed by atoms with Crippen LogP contribution in [0.1, 0.15) is 44.5 Å². The van der Waals surface area contributed by atoms with E-state index in [1.807, 2.05) is 68.0 Å². The SMILES string of the molecule is c1cc2c(s1)-c1ccc3c4c(ccc(c14)C2)-c1sc(-c2ccc(-c4ccc(-c5cc6c(s5)-c5ccc7c8c(ccc(c58)C6)-c5sccc5C7)s4)s2)cc1C3. The molecule has 0 saturated heterocycles. The minimum Gasteiger partial charge on any atom is -0.144 e. The lowest BCUT2D eigenvalue weighted by Crippen LogP contribution is -2.04. The predicted molar refractivity (Wildman–Crippen MR) is 238 cm³/mol.